The summed E-state index contributed by atoms with van der Waals surface area (Å²) in [6.07, 6.45) is 0. The maximum atomic E-state index is 11.4. The summed E-state index contributed by atoms with van der Waals surface area (Å²) in [5.74, 6) is 0.391. The highest BCUT2D eigenvalue weighted by atomic mass is 32.1. The summed E-state index contributed by atoms with van der Waals surface area (Å²) in [5.41, 5.74) is 7.41. The van der Waals surface area contributed by atoms with Crippen LogP contribution >= 0.6 is 11.3 Å². The van der Waals surface area contributed by atoms with Gasteiger partial charge in [0.05, 0.1) is 0 Å². The van der Waals surface area contributed by atoms with Crippen molar-refractivity contribution in [3.63, 3.8) is 0 Å². The van der Waals surface area contributed by atoms with E-state index in [0.29, 0.717) is 5.82 Å². The van der Waals surface area contributed by atoms with Crippen LogP contribution in [-0.4, -0.2) is 4.98 Å². The molecule has 3 rings (SSSR count). The van der Waals surface area contributed by atoms with E-state index in [1.807, 2.05) is 12.1 Å². The highest BCUT2D eigenvalue weighted by Crippen LogP contribution is 2.33. The second-order valence-corrected chi connectivity index (χ2v) is 4.75. The summed E-state index contributed by atoms with van der Waals surface area (Å²) < 4.78 is 1.21. The number of aromatic amines is 1. The smallest absolute Gasteiger partial charge is 0.250 e. The highest BCUT2D eigenvalue weighted by molar-refractivity contribution is 7.17. The minimum atomic E-state index is -0.171. The zero-order valence-electron chi connectivity index (χ0n) is 8.94. The zero-order chi connectivity index (χ0) is 11.8. The minimum absolute atomic E-state index is 0.171. The molecular formula is C13H10N2OS. The fraction of sp³-hybridized carbons (Fsp3) is 0. The van der Waals surface area contributed by atoms with Gasteiger partial charge >= 0.3 is 0 Å². The molecule has 0 aliphatic carbocycles. The van der Waals surface area contributed by atoms with Gasteiger partial charge in [0.1, 0.15) is 5.82 Å². The highest BCUT2D eigenvalue weighted by Gasteiger charge is 2.06. The van der Waals surface area contributed by atoms with Crippen molar-refractivity contribution in [2.24, 2.45) is 0 Å². The SMILES string of the molecule is Nc1cc(-c2csc3ccccc23)cc(=O)[nH]1. The van der Waals surface area contributed by atoms with E-state index in [2.05, 4.69) is 22.5 Å². The zero-order valence-corrected chi connectivity index (χ0v) is 9.75. The number of hydrogen-bond acceptors (Lipinski definition) is 3. The number of pyridine rings is 1. The first-order valence-corrected chi connectivity index (χ1v) is 6.08. The minimum Gasteiger partial charge on any atom is -0.385 e. The predicted molar refractivity (Wildman–Crippen MR) is 72.3 cm³/mol. The van der Waals surface area contributed by atoms with E-state index >= 15 is 0 Å². The van der Waals surface area contributed by atoms with Crippen molar-refractivity contribution in [2.45, 2.75) is 0 Å². The topological polar surface area (TPSA) is 58.9 Å². The molecule has 3 nitrogen and oxygen atoms in total. The molecule has 0 aliphatic rings. The average Bonchev–Trinajstić information content (AvgIpc) is 2.71. The molecular weight excluding hydrogens is 232 g/mol. The molecule has 2 heterocycles. The Morgan fingerprint density at radius 2 is 2.00 bits per heavy atom. The van der Waals surface area contributed by atoms with Crippen LogP contribution < -0.4 is 11.3 Å². The first-order valence-electron chi connectivity index (χ1n) is 5.20. The normalized spacial score (nSPS) is 10.8. The molecule has 0 aliphatic heterocycles. The number of rotatable bonds is 1. The number of nitrogens with one attached hydrogen (secondary N) is 1. The van der Waals surface area contributed by atoms with Gasteiger partial charge in [0.25, 0.3) is 0 Å². The van der Waals surface area contributed by atoms with Crippen LogP contribution in [0.25, 0.3) is 21.2 Å². The molecule has 84 valence electrons. The third-order valence-electron chi connectivity index (χ3n) is 2.66. The number of thiophene rings is 1. The summed E-state index contributed by atoms with van der Waals surface area (Å²) in [4.78, 5) is 14.0. The van der Waals surface area contributed by atoms with Gasteiger partial charge in [-0.2, -0.15) is 0 Å². The maximum Gasteiger partial charge on any atom is 0.250 e. The number of fused-ring (bicyclic) bond motifs is 1. The van der Waals surface area contributed by atoms with E-state index < -0.39 is 0 Å². The van der Waals surface area contributed by atoms with E-state index in [1.165, 1.54) is 4.70 Å². The van der Waals surface area contributed by atoms with Gasteiger partial charge in [-0.1, -0.05) is 18.2 Å². The number of anilines is 1. The molecule has 0 amide bonds. The first-order chi connectivity index (χ1) is 8.24. The van der Waals surface area contributed by atoms with Crippen LogP contribution in [0.1, 0.15) is 0 Å². The molecule has 2 aromatic heterocycles. The van der Waals surface area contributed by atoms with Crippen LogP contribution in [0, 0.1) is 0 Å². The summed E-state index contributed by atoms with van der Waals surface area (Å²) in [7, 11) is 0. The van der Waals surface area contributed by atoms with E-state index in [-0.39, 0.29) is 5.56 Å². The fourth-order valence-electron chi connectivity index (χ4n) is 1.92. The number of benzene rings is 1. The number of aromatic nitrogens is 1. The number of nitrogen functional groups attached to an aromatic ring is 1. The fourth-order valence-corrected chi connectivity index (χ4v) is 2.89. The van der Waals surface area contributed by atoms with Crippen molar-refractivity contribution in [1.29, 1.82) is 0 Å². The van der Waals surface area contributed by atoms with Gasteiger partial charge < -0.3 is 10.7 Å². The largest absolute Gasteiger partial charge is 0.385 e. The molecule has 0 atom stereocenters. The van der Waals surface area contributed by atoms with Gasteiger partial charge in [0, 0.05) is 21.7 Å². The molecule has 1 aromatic carbocycles. The summed E-state index contributed by atoms with van der Waals surface area (Å²) in [5, 5.41) is 3.21. The standard InChI is InChI=1S/C13H10N2OS/c14-12-5-8(6-13(16)15-12)10-7-17-11-4-2-1-3-9(10)11/h1-7H,(H3,14,15,16). The average molecular weight is 242 g/mol. The van der Waals surface area contributed by atoms with E-state index in [0.717, 1.165) is 16.5 Å². The molecule has 0 unspecified atom stereocenters. The lowest BCUT2D eigenvalue weighted by atomic mass is 10.1. The Hall–Kier alpha value is -2.07. The molecule has 0 fully saturated rings. The summed E-state index contributed by atoms with van der Waals surface area (Å²) in [6.45, 7) is 0. The van der Waals surface area contributed by atoms with E-state index in [4.69, 9.17) is 5.73 Å². The lowest BCUT2D eigenvalue weighted by Gasteiger charge is -2.00. The van der Waals surface area contributed by atoms with Gasteiger partial charge in [-0.25, -0.2) is 0 Å². The molecule has 3 N–H and O–H groups in total. The lowest BCUT2D eigenvalue weighted by Crippen LogP contribution is -2.07. The first kappa shape index (κ1) is 10.1. The molecule has 4 heteroatoms. The Kier molecular flexibility index (Phi) is 2.23. The summed E-state index contributed by atoms with van der Waals surface area (Å²) >= 11 is 1.67. The monoisotopic (exact) mass is 242 g/mol. The van der Waals surface area contributed by atoms with Gasteiger partial charge in [0.2, 0.25) is 5.56 Å². The van der Waals surface area contributed by atoms with Crippen LogP contribution in [0.2, 0.25) is 0 Å². The quantitative estimate of drug-likeness (QED) is 0.689. The number of H-pyrrole nitrogens is 1. The predicted octanol–water partition coefficient (Wildman–Crippen LogP) is 2.84. The number of hydrogen-bond donors (Lipinski definition) is 2. The van der Waals surface area contributed by atoms with Crippen LogP contribution in [-0.2, 0) is 0 Å². The van der Waals surface area contributed by atoms with Crippen molar-refractivity contribution in [3.8, 4) is 11.1 Å². The maximum absolute atomic E-state index is 11.4. The lowest BCUT2D eigenvalue weighted by molar-refractivity contribution is 1.25. The van der Waals surface area contributed by atoms with Crippen LogP contribution in [0.15, 0.2) is 46.6 Å². The van der Waals surface area contributed by atoms with Crippen molar-refractivity contribution in [1.82, 2.24) is 4.98 Å². The molecule has 3 aromatic rings. The van der Waals surface area contributed by atoms with E-state index in [1.54, 1.807) is 23.5 Å². The second-order valence-electron chi connectivity index (χ2n) is 3.83. The number of nitrogens with two attached hydrogens (primary N) is 1. The van der Waals surface area contributed by atoms with Crippen molar-refractivity contribution >= 4 is 27.2 Å². The van der Waals surface area contributed by atoms with Crippen LogP contribution in [0.5, 0.6) is 0 Å². The second kappa shape index (κ2) is 3.75. The van der Waals surface area contributed by atoms with Gasteiger partial charge in [-0.15, -0.1) is 11.3 Å². The van der Waals surface area contributed by atoms with E-state index in [9.17, 15) is 4.79 Å². The molecule has 0 saturated heterocycles. The van der Waals surface area contributed by atoms with Crippen LogP contribution in [0.3, 0.4) is 0 Å². The Labute approximate surface area is 102 Å². The Morgan fingerprint density at radius 3 is 2.82 bits per heavy atom. The third kappa shape index (κ3) is 1.72. The molecule has 17 heavy (non-hydrogen) atoms. The van der Waals surface area contributed by atoms with Gasteiger partial charge in [-0.05, 0) is 23.1 Å². The van der Waals surface area contributed by atoms with Gasteiger partial charge in [-0.3, -0.25) is 4.79 Å². The van der Waals surface area contributed by atoms with Crippen molar-refractivity contribution in [3.05, 3.63) is 52.1 Å². The molecule has 0 radical (unpaired) electrons. The summed E-state index contributed by atoms with van der Waals surface area (Å²) in [6, 6.07) is 11.5. The molecule has 0 bridgehead atoms. The Bertz CT molecular complexity index is 742. The van der Waals surface area contributed by atoms with Gasteiger partial charge in [0.15, 0.2) is 0 Å². The third-order valence-corrected chi connectivity index (χ3v) is 3.62. The molecule has 0 saturated carbocycles. The van der Waals surface area contributed by atoms with Crippen LogP contribution in [0.4, 0.5) is 5.82 Å². The van der Waals surface area contributed by atoms with Crippen molar-refractivity contribution < 1.29 is 0 Å². The Morgan fingerprint density at radius 1 is 1.18 bits per heavy atom. The molecule has 0 spiro atoms. The van der Waals surface area contributed by atoms with Crippen molar-refractivity contribution in [2.75, 3.05) is 5.73 Å². The Balaban J connectivity index is 2.30.